The number of hydrogen-bond acceptors (Lipinski definition) is 4. The topological polar surface area (TPSA) is 48.7 Å². The second-order valence-electron chi connectivity index (χ2n) is 5.23. The van der Waals surface area contributed by atoms with Gasteiger partial charge in [0.15, 0.2) is 0 Å². The van der Waals surface area contributed by atoms with Crippen LogP contribution in [0, 0.1) is 18.3 Å². The van der Waals surface area contributed by atoms with E-state index in [0.717, 1.165) is 21.4 Å². The third-order valence-electron chi connectivity index (χ3n) is 3.41. The maximum Gasteiger partial charge on any atom is 0.136 e. The van der Waals surface area contributed by atoms with Gasteiger partial charge in [0, 0.05) is 27.3 Å². The van der Waals surface area contributed by atoms with Crippen LogP contribution >= 0.6 is 27.3 Å². The van der Waals surface area contributed by atoms with E-state index >= 15 is 0 Å². The Kier molecular flexibility index (Phi) is 5.09. The van der Waals surface area contributed by atoms with E-state index in [1.54, 1.807) is 6.20 Å². The molecule has 1 N–H and O–H groups in total. The zero-order chi connectivity index (χ0) is 16.9. The van der Waals surface area contributed by atoms with Crippen molar-refractivity contribution in [2.24, 2.45) is 0 Å². The van der Waals surface area contributed by atoms with Gasteiger partial charge in [0.2, 0.25) is 0 Å². The molecule has 2 aromatic carbocycles. The summed E-state index contributed by atoms with van der Waals surface area (Å²) in [6.45, 7) is 2.06. The second kappa shape index (κ2) is 7.43. The zero-order valence-corrected chi connectivity index (χ0v) is 15.4. The van der Waals surface area contributed by atoms with Gasteiger partial charge in [-0.1, -0.05) is 51.8 Å². The fourth-order valence-electron chi connectivity index (χ4n) is 2.13. The largest absolute Gasteiger partial charge is 0.360 e. The van der Waals surface area contributed by atoms with Crippen LogP contribution in [0.25, 0.3) is 16.8 Å². The first-order valence-electron chi connectivity index (χ1n) is 7.31. The molecule has 0 aliphatic carbocycles. The summed E-state index contributed by atoms with van der Waals surface area (Å²) in [5, 5.41) is 15.3. The van der Waals surface area contributed by atoms with E-state index in [2.05, 4.69) is 51.4 Å². The van der Waals surface area contributed by atoms with Gasteiger partial charge in [0.05, 0.1) is 5.69 Å². The number of anilines is 1. The van der Waals surface area contributed by atoms with Crippen LogP contribution in [0.1, 0.15) is 10.6 Å². The van der Waals surface area contributed by atoms with Crippen LogP contribution in [-0.2, 0) is 0 Å². The van der Waals surface area contributed by atoms with E-state index in [1.165, 1.54) is 16.9 Å². The number of benzene rings is 2. The number of hydrogen-bond donors (Lipinski definition) is 1. The van der Waals surface area contributed by atoms with Gasteiger partial charge in [-0.25, -0.2) is 4.98 Å². The van der Waals surface area contributed by atoms with Gasteiger partial charge in [-0.2, -0.15) is 5.26 Å². The smallest absolute Gasteiger partial charge is 0.136 e. The molecule has 24 heavy (non-hydrogen) atoms. The Bertz CT molecular complexity index is 920. The number of nitrogens with one attached hydrogen (secondary N) is 1. The number of thiazole rings is 1. The van der Waals surface area contributed by atoms with Gasteiger partial charge < -0.3 is 5.32 Å². The Balaban J connectivity index is 1.82. The van der Waals surface area contributed by atoms with Crippen molar-refractivity contribution in [3.63, 3.8) is 0 Å². The van der Waals surface area contributed by atoms with Crippen LogP contribution in [0.5, 0.6) is 0 Å². The van der Waals surface area contributed by atoms with Crippen molar-refractivity contribution in [3.05, 3.63) is 75.2 Å². The highest BCUT2D eigenvalue weighted by atomic mass is 79.9. The molecule has 118 valence electrons. The highest BCUT2D eigenvalue weighted by molar-refractivity contribution is 9.10. The fraction of sp³-hybridized carbons (Fsp3) is 0.0526. The lowest BCUT2D eigenvalue weighted by Crippen LogP contribution is -1.91. The van der Waals surface area contributed by atoms with Crippen molar-refractivity contribution in [3.8, 4) is 17.3 Å². The molecule has 0 radical (unpaired) electrons. The lowest BCUT2D eigenvalue weighted by Gasteiger charge is -2.01. The predicted molar refractivity (Wildman–Crippen MR) is 104 cm³/mol. The molecule has 0 aliphatic heterocycles. The minimum absolute atomic E-state index is 0.512. The molecule has 3 aromatic rings. The molecular weight excluding hydrogens is 382 g/mol. The van der Waals surface area contributed by atoms with Crippen LogP contribution in [-0.4, -0.2) is 4.98 Å². The molecule has 3 nitrogen and oxygen atoms in total. The number of halogens is 1. The Morgan fingerprint density at radius 1 is 1.25 bits per heavy atom. The molecule has 0 spiro atoms. The van der Waals surface area contributed by atoms with E-state index in [1.807, 2.05) is 41.8 Å². The third kappa shape index (κ3) is 3.91. The predicted octanol–water partition coefficient (Wildman–Crippen LogP) is 5.86. The van der Waals surface area contributed by atoms with Crippen LogP contribution in [0.3, 0.4) is 0 Å². The standard InChI is InChI=1S/C19H14BrN3S/c1-13-5-7-14(8-6-13)18-12-24-19(23-18)15(10-21)11-22-17-4-2-3-16(20)9-17/h2-9,11-12,22H,1H3. The molecule has 0 saturated carbocycles. The minimum atomic E-state index is 0.512. The van der Waals surface area contributed by atoms with Crippen LogP contribution in [0.15, 0.2) is 64.6 Å². The highest BCUT2D eigenvalue weighted by Crippen LogP contribution is 2.26. The van der Waals surface area contributed by atoms with E-state index < -0.39 is 0 Å². The average molecular weight is 396 g/mol. The summed E-state index contributed by atoms with van der Waals surface area (Å²) in [6.07, 6.45) is 1.69. The van der Waals surface area contributed by atoms with Gasteiger partial charge in [0.1, 0.15) is 16.6 Å². The summed E-state index contributed by atoms with van der Waals surface area (Å²) in [4.78, 5) is 4.59. The lowest BCUT2D eigenvalue weighted by molar-refractivity contribution is 1.36. The van der Waals surface area contributed by atoms with Crippen molar-refractivity contribution >= 4 is 38.5 Å². The minimum Gasteiger partial charge on any atom is -0.360 e. The summed E-state index contributed by atoms with van der Waals surface area (Å²) in [5.41, 5.74) is 4.58. The zero-order valence-electron chi connectivity index (χ0n) is 13.0. The first-order chi connectivity index (χ1) is 11.7. The Hall–Kier alpha value is -2.42. The second-order valence-corrected chi connectivity index (χ2v) is 7.00. The molecule has 1 heterocycles. The monoisotopic (exact) mass is 395 g/mol. The van der Waals surface area contributed by atoms with Gasteiger partial charge in [-0.3, -0.25) is 0 Å². The number of aromatic nitrogens is 1. The highest BCUT2D eigenvalue weighted by Gasteiger charge is 2.09. The quantitative estimate of drug-likeness (QED) is 0.562. The Morgan fingerprint density at radius 2 is 2.04 bits per heavy atom. The van der Waals surface area contributed by atoms with Crippen LogP contribution in [0.4, 0.5) is 5.69 Å². The molecule has 0 fully saturated rings. The van der Waals surface area contributed by atoms with E-state index in [9.17, 15) is 5.26 Å². The molecule has 0 atom stereocenters. The third-order valence-corrected chi connectivity index (χ3v) is 4.78. The van der Waals surface area contributed by atoms with Crippen molar-refractivity contribution in [1.82, 2.24) is 4.98 Å². The van der Waals surface area contributed by atoms with E-state index in [0.29, 0.717) is 10.6 Å². The van der Waals surface area contributed by atoms with E-state index in [4.69, 9.17) is 0 Å². The molecule has 0 saturated heterocycles. The van der Waals surface area contributed by atoms with Crippen LogP contribution in [0.2, 0.25) is 0 Å². The molecule has 3 rings (SSSR count). The molecule has 0 unspecified atom stereocenters. The lowest BCUT2D eigenvalue weighted by atomic mass is 10.1. The number of allylic oxidation sites excluding steroid dienone is 1. The maximum absolute atomic E-state index is 9.43. The maximum atomic E-state index is 9.43. The number of aryl methyl sites for hydroxylation is 1. The summed E-state index contributed by atoms with van der Waals surface area (Å²) in [6, 6.07) is 18.2. The molecule has 0 bridgehead atoms. The first-order valence-corrected chi connectivity index (χ1v) is 8.98. The molecule has 0 aliphatic rings. The Morgan fingerprint density at radius 3 is 2.75 bits per heavy atom. The molecule has 0 amide bonds. The van der Waals surface area contributed by atoms with Gasteiger partial charge in [0.25, 0.3) is 0 Å². The van der Waals surface area contributed by atoms with Gasteiger partial charge in [-0.15, -0.1) is 11.3 Å². The first kappa shape index (κ1) is 16.4. The van der Waals surface area contributed by atoms with Crippen molar-refractivity contribution in [2.75, 3.05) is 5.32 Å². The number of rotatable bonds is 4. The van der Waals surface area contributed by atoms with Gasteiger partial charge >= 0.3 is 0 Å². The van der Waals surface area contributed by atoms with Gasteiger partial charge in [-0.05, 0) is 25.1 Å². The van der Waals surface area contributed by atoms with Crippen molar-refractivity contribution in [1.29, 1.82) is 5.26 Å². The number of nitrogens with zero attached hydrogens (tertiary/aromatic N) is 2. The van der Waals surface area contributed by atoms with E-state index in [-0.39, 0.29) is 0 Å². The molecule has 5 heteroatoms. The normalized spacial score (nSPS) is 11.1. The average Bonchev–Trinajstić information content (AvgIpc) is 3.06. The molecule has 1 aromatic heterocycles. The number of nitriles is 1. The summed E-state index contributed by atoms with van der Waals surface area (Å²) in [7, 11) is 0. The SMILES string of the molecule is Cc1ccc(-c2csc(C(C#N)=CNc3cccc(Br)c3)n2)cc1. The summed E-state index contributed by atoms with van der Waals surface area (Å²) in [5.74, 6) is 0. The summed E-state index contributed by atoms with van der Waals surface area (Å²) < 4.78 is 0.982. The van der Waals surface area contributed by atoms with Crippen molar-refractivity contribution in [2.45, 2.75) is 6.92 Å². The molecular formula is C19H14BrN3S. The van der Waals surface area contributed by atoms with Crippen molar-refractivity contribution < 1.29 is 0 Å². The summed E-state index contributed by atoms with van der Waals surface area (Å²) >= 11 is 4.90. The Labute approximate surface area is 153 Å². The fourth-order valence-corrected chi connectivity index (χ4v) is 3.32. The van der Waals surface area contributed by atoms with Crippen LogP contribution < -0.4 is 5.32 Å².